The lowest BCUT2D eigenvalue weighted by Gasteiger charge is -2.35. The third kappa shape index (κ3) is 4.40. The molecule has 0 atom stereocenters. The highest BCUT2D eigenvalue weighted by atomic mass is 35.5. The molecule has 1 fully saturated rings. The zero-order valence-electron chi connectivity index (χ0n) is 12.5. The molecule has 1 heterocycles. The summed E-state index contributed by atoms with van der Waals surface area (Å²) < 4.78 is 0. The molecule has 1 aromatic carbocycles. The number of rotatable bonds is 5. The number of hydrogen-bond donors (Lipinski definition) is 1. The fourth-order valence-electron chi connectivity index (χ4n) is 2.75. The van der Waals surface area contributed by atoms with Crippen molar-refractivity contribution in [3.63, 3.8) is 0 Å². The normalized spacial score (nSPS) is 17.3. The summed E-state index contributed by atoms with van der Waals surface area (Å²) in [5, 5.41) is 15.0. The maximum atomic E-state index is 11.0. The van der Waals surface area contributed by atoms with E-state index in [2.05, 4.69) is 24.1 Å². The maximum Gasteiger partial charge on any atom is 0.273 e. The molecule has 0 bridgehead atoms. The highest BCUT2D eigenvalue weighted by Crippen LogP contribution is 2.23. The summed E-state index contributed by atoms with van der Waals surface area (Å²) in [6, 6.07) is 5.71. The lowest BCUT2D eigenvalue weighted by atomic mass is 10.0. The first-order valence-corrected chi connectivity index (χ1v) is 7.75. The number of benzene rings is 1. The van der Waals surface area contributed by atoms with Gasteiger partial charge in [0.05, 0.1) is 4.92 Å². The van der Waals surface area contributed by atoms with Gasteiger partial charge in [-0.3, -0.25) is 10.1 Å². The van der Waals surface area contributed by atoms with Crippen LogP contribution >= 0.6 is 11.6 Å². The molecule has 0 unspecified atom stereocenters. The Kier molecular flexibility index (Phi) is 5.56. The first kappa shape index (κ1) is 16.2. The Labute approximate surface area is 130 Å². The van der Waals surface area contributed by atoms with E-state index in [-0.39, 0.29) is 10.6 Å². The molecular weight excluding hydrogens is 290 g/mol. The summed E-state index contributed by atoms with van der Waals surface area (Å²) in [5.41, 5.74) is 0.783. The summed E-state index contributed by atoms with van der Waals surface area (Å²) in [7, 11) is 0. The number of nitro benzene ring substituents is 1. The minimum Gasteiger partial charge on any atom is -0.310 e. The molecule has 5 nitrogen and oxygen atoms in total. The SMILES string of the molecule is CC(C)N1CCC(NCc2cc(Cl)ccc2[N+](=O)[O-])CC1. The molecule has 0 aliphatic carbocycles. The van der Waals surface area contributed by atoms with Crippen LogP contribution in [0.5, 0.6) is 0 Å². The van der Waals surface area contributed by atoms with Crippen molar-refractivity contribution in [2.45, 2.75) is 45.3 Å². The number of likely N-dealkylation sites (tertiary alicyclic amines) is 1. The third-order valence-corrected chi connectivity index (χ3v) is 4.31. The largest absolute Gasteiger partial charge is 0.310 e. The first-order valence-electron chi connectivity index (χ1n) is 7.37. The van der Waals surface area contributed by atoms with Crippen molar-refractivity contribution in [3.05, 3.63) is 38.9 Å². The number of piperidine rings is 1. The number of nitrogens with zero attached hydrogens (tertiary/aromatic N) is 2. The monoisotopic (exact) mass is 311 g/mol. The Hall–Kier alpha value is -1.17. The molecule has 1 N–H and O–H groups in total. The fraction of sp³-hybridized carbons (Fsp3) is 0.600. The van der Waals surface area contributed by atoms with Gasteiger partial charge in [-0.25, -0.2) is 0 Å². The molecule has 0 saturated carbocycles. The summed E-state index contributed by atoms with van der Waals surface area (Å²) in [6.45, 7) is 7.06. The molecule has 1 saturated heterocycles. The van der Waals surface area contributed by atoms with Crippen LogP contribution in [0.3, 0.4) is 0 Å². The van der Waals surface area contributed by atoms with Gasteiger partial charge < -0.3 is 10.2 Å². The molecule has 21 heavy (non-hydrogen) atoms. The van der Waals surface area contributed by atoms with E-state index in [9.17, 15) is 10.1 Å². The predicted octanol–water partition coefficient (Wildman–Crippen LogP) is 3.21. The zero-order valence-corrected chi connectivity index (χ0v) is 13.3. The molecule has 1 aliphatic rings. The smallest absolute Gasteiger partial charge is 0.273 e. The fourth-order valence-corrected chi connectivity index (χ4v) is 2.94. The Balaban J connectivity index is 1.92. The second-order valence-corrected chi connectivity index (χ2v) is 6.25. The molecule has 1 aliphatic heterocycles. The van der Waals surface area contributed by atoms with Crippen LogP contribution in [0.4, 0.5) is 5.69 Å². The zero-order chi connectivity index (χ0) is 15.4. The summed E-state index contributed by atoms with van der Waals surface area (Å²) >= 11 is 5.94. The van der Waals surface area contributed by atoms with Gasteiger partial charge >= 0.3 is 0 Å². The second kappa shape index (κ2) is 7.20. The average Bonchev–Trinajstić information content (AvgIpc) is 2.45. The van der Waals surface area contributed by atoms with Crippen molar-refractivity contribution in [2.24, 2.45) is 0 Å². The van der Waals surface area contributed by atoms with Gasteiger partial charge in [-0.1, -0.05) is 11.6 Å². The van der Waals surface area contributed by atoms with E-state index in [1.165, 1.54) is 6.07 Å². The summed E-state index contributed by atoms with van der Waals surface area (Å²) in [6.07, 6.45) is 2.15. The van der Waals surface area contributed by atoms with E-state index in [1.807, 2.05) is 0 Å². The quantitative estimate of drug-likeness (QED) is 0.670. The van der Waals surface area contributed by atoms with Crippen LogP contribution in [0.25, 0.3) is 0 Å². The van der Waals surface area contributed by atoms with E-state index >= 15 is 0 Å². The number of nitrogens with one attached hydrogen (secondary N) is 1. The van der Waals surface area contributed by atoms with Gasteiger partial charge in [0.25, 0.3) is 5.69 Å². The lowest BCUT2D eigenvalue weighted by molar-refractivity contribution is -0.385. The number of hydrogen-bond acceptors (Lipinski definition) is 4. The topological polar surface area (TPSA) is 58.4 Å². The molecule has 1 aromatic rings. The molecular formula is C15H22ClN3O2. The van der Waals surface area contributed by atoms with Crippen molar-refractivity contribution < 1.29 is 4.92 Å². The molecule has 0 aromatic heterocycles. The summed E-state index contributed by atoms with van der Waals surface area (Å²) in [5.74, 6) is 0. The van der Waals surface area contributed by atoms with Gasteiger partial charge in [-0.05, 0) is 51.9 Å². The Bertz CT molecular complexity index is 500. The van der Waals surface area contributed by atoms with Crippen LogP contribution in [-0.4, -0.2) is 35.0 Å². The van der Waals surface area contributed by atoms with Gasteiger partial charge in [0.15, 0.2) is 0 Å². The Morgan fingerprint density at radius 1 is 1.43 bits per heavy atom. The van der Waals surface area contributed by atoms with E-state index in [1.54, 1.807) is 12.1 Å². The maximum absolute atomic E-state index is 11.0. The van der Waals surface area contributed by atoms with Crippen molar-refractivity contribution in [1.29, 1.82) is 0 Å². The first-order chi connectivity index (χ1) is 9.97. The summed E-state index contributed by atoms with van der Waals surface area (Å²) in [4.78, 5) is 13.1. The third-order valence-electron chi connectivity index (χ3n) is 4.08. The lowest BCUT2D eigenvalue weighted by Crippen LogP contribution is -2.44. The van der Waals surface area contributed by atoms with Crippen molar-refractivity contribution in [2.75, 3.05) is 13.1 Å². The van der Waals surface area contributed by atoms with Gasteiger partial charge in [0.1, 0.15) is 0 Å². The van der Waals surface area contributed by atoms with E-state index in [0.717, 1.165) is 25.9 Å². The van der Waals surface area contributed by atoms with Crippen LogP contribution in [0.15, 0.2) is 18.2 Å². The highest BCUT2D eigenvalue weighted by Gasteiger charge is 2.21. The molecule has 2 rings (SSSR count). The van der Waals surface area contributed by atoms with Crippen LogP contribution in [0, 0.1) is 10.1 Å². The standard InChI is InChI=1S/C15H22ClN3O2/c1-11(2)18-7-5-14(6-8-18)17-10-12-9-13(16)3-4-15(12)19(20)21/h3-4,9,11,14,17H,5-8,10H2,1-2H3. The van der Waals surface area contributed by atoms with E-state index in [0.29, 0.717) is 29.2 Å². The van der Waals surface area contributed by atoms with E-state index < -0.39 is 0 Å². The minimum absolute atomic E-state index is 0.131. The van der Waals surface area contributed by atoms with E-state index in [4.69, 9.17) is 11.6 Å². The van der Waals surface area contributed by atoms with Crippen LogP contribution in [0.1, 0.15) is 32.3 Å². The van der Waals surface area contributed by atoms with Gasteiger partial charge in [0, 0.05) is 35.3 Å². The Morgan fingerprint density at radius 3 is 2.67 bits per heavy atom. The highest BCUT2D eigenvalue weighted by molar-refractivity contribution is 6.30. The van der Waals surface area contributed by atoms with Crippen LogP contribution < -0.4 is 5.32 Å². The van der Waals surface area contributed by atoms with Crippen molar-refractivity contribution in [3.8, 4) is 0 Å². The average molecular weight is 312 g/mol. The molecule has 0 spiro atoms. The Morgan fingerprint density at radius 2 is 2.10 bits per heavy atom. The molecule has 0 radical (unpaired) electrons. The predicted molar refractivity (Wildman–Crippen MR) is 84.7 cm³/mol. The number of halogens is 1. The number of nitro groups is 1. The second-order valence-electron chi connectivity index (χ2n) is 5.82. The minimum atomic E-state index is -0.352. The van der Waals surface area contributed by atoms with Crippen molar-refractivity contribution >= 4 is 17.3 Å². The van der Waals surface area contributed by atoms with Crippen LogP contribution in [-0.2, 0) is 6.54 Å². The molecule has 0 amide bonds. The van der Waals surface area contributed by atoms with Gasteiger partial charge in [-0.2, -0.15) is 0 Å². The molecule has 116 valence electrons. The van der Waals surface area contributed by atoms with Gasteiger partial charge in [0.2, 0.25) is 0 Å². The van der Waals surface area contributed by atoms with Crippen LogP contribution in [0.2, 0.25) is 5.02 Å². The molecule has 6 heteroatoms. The van der Waals surface area contributed by atoms with Gasteiger partial charge in [-0.15, -0.1) is 0 Å². The van der Waals surface area contributed by atoms with Crippen molar-refractivity contribution in [1.82, 2.24) is 10.2 Å².